The third-order valence-electron chi connectivity index (χ3n) is 3.64. The van der Waals surface area contributed by atoms with Crippen molar-refractivity contribution in [3.05, 3.63) is 12.7 Å². The molecule has 0 aliphatic carbocycles. The number of fused-ring (bicyclic) bond motifs is 2. The van der Waals surface area contributed by atoms with Crippen LogP contribution in [0, 0.1) is 0 Å². The molecule has 0 radical (unpaired) electrons. The molecule has 2 aliphatic heterocycles. The Kier molecular flexibility index (Phi) is 3.28. The summed E-state index contributed by atoms with van der Waals surface area (Å²) in [6.07, 6.45) is -0.327. The molecule has 1 unspecified atom stereocenters. The van der Waals surface area contributed by atoms with E-state index < -0.39 is 31.7 Å². The van der Waals surface area contributed by atoms with Crippen LogP contribution in [0.2, 0.25) is 0 Å². The van der Waals surface area contributed by atoms with Crippen molar-refractivity contribution in [3.8, 4) is 0 Å². The van der Waals surface area contributed by atoms with Crippen molar-refractivity contribution in [1.82, 2.24) is 19.5 Å². The summed E-state index contributed by atoms with van der Waals surface area (Å²) in [6.45, 7) is 0.0791. The number of anilines is 1. The molecule has 4 heterocycles. The summed E-state index contributed by atoms with van der Waals surface area (Å²) < 4.78 is 17.7. The molecule has 4 rings (SSSR count). The molecule has 118 valence electrons. The Morgan fingerprint density at radius 2 is 2.23 bits per heavy atom. The zero-order valence-electron chi connectivity index (χ0n) is 11.1. The average molecular weight is 346 g/mol. The molecule has 5 atom stereocenters. The number of hydrogen-bond acceptors (Lipinski definition) is 10. The Morgan fingerprint density at radius 1 is 1.41 bits per heavy atom. The SMILES string of the molecule is Nc1ncnc2c1ncn2[C@@H]1O[C@@H]2CO[P+](O)(S)O[C@H]2[C@H]1O. The molecule has 0 amide bonds. The maximum absolute atomic E-state index is 10.5. The molecule has 2 fully saturated rings. The number of ether oxygens (including phenoxy) is 1. The van der Waals surface area contributed by atoms with E-state index in [9.17, 15) is 10.00 Å². The summed E-state index contributed by atoms with van der Waals surface area (Å²) >= 11 is 3.92. The van der Waals surface area contributed by atoms with Gasteiger partial charge < -0.3 is 15.6 Å². The van der Waals surface area contributed by atoms with E-state index in [-0.39, 0.29) is 12.4 Å². The Labute approximate surface area is 130 Å². The molecular weight excluding hydrogens is 333 g/mol. The number of thiol groups is 1. The zero-order valence-corrected chi connectivity index (χ0v) is 12.8. The second kappa shape index (κ2) is 4.96. The summed E-state index contributed by atoms with van der Waals surface area (Å²) in [5, 5.41) is 10.5. The number of rotatable bonds is 1. The third-order valence-corrected chi connectivity index (χ3v) is 5.27. The molecule has 4 N–H and O–H groups in total. The minimum absolute atomic E-state index is 0.0791. The van der Waals surface area contributed by atoms with Gasteiger partial charge in [-0.3, -0.25) is 4.57 Å². The number of aromatic nitrogens is 4. The van der Waals surface area contributed by atoms with Gasteiger partial charge in [0, 0.05) is 0 Å². The summed E-state index contributed by atoms with van der Waals surface area (Å²) in [7, 11) is -3.22. The van der Waals surface area contributed by atoms with Crippen molar-refractivity contribution in [2.24, 2.45) is 0 Å². The van der Waals surface area contributed by atoms with Gasteiger partial charge in [-0.1, -0.05) is 0 Å². The topological polar surface area (TPSA) is 138 Å². The van der Waals surface area contributed by atoms with Crippen molar-refractivity contribution in [2.45, 2.75) is 24.5 Å². The minimum Gasteiger partial charge on any atom is -0.385 e. The minimum atomic E-state index is -3.22. The fourth-order valence-electron chi connectivity index (χ4n) is 2.63. The first kappa shape index (κ1) is 14.5. The second-order valence-electron chi connectivity index (χ2n) is 5.00. The van der Waals surface area contributed by atoms with Crippen LogP contribution in [0.1, 0.15) is 6.23 Å². The van der Waals surface area contributed by atoms with Crippen molar-refractivity contribution in [2.75, 3.05) is 12.3 Å². The lowest BCUT2D eigenvalue weighted by atomic mass is 10.1. The number of hydrogen-bond donors (Lipinski definition) is 4. The van der Waals surface area contributed by atoms with Crippen LogP contribution in [0.4, 0.5) is 5.82 Å². The molecule has 2 saturated heterocycles. The van der Waals surface area contributed by atoms with Gasteiger partial charge in [0.2, 0.25) is 0 Å². The van der Waals surface area contributed by atoms with Crippen molar-refractivity contribution < 1.29 is 23.8 Å². The van der Waals surface area contributed by atoms with Crippen LogP contribution >= 0.6 is 19.4 Å². The van der Waals surface area contributed by atoms with Gasteiger partial charge in [-0.05, 0) is 0 Å². The first-order valence-electron chi connectivity index (χ1n) is 6.40. The van der Waals surface area contributed by atoms with E-state index >= 15 is 0 Å². The maximum atomic E-state index is 10.5. The largest absolute Gasteiger partial charge is 0.476 e. The highest BCUT2D eigenvalue weighted by atomic mass is 32.7. The van der Waals surface area contributed by atoms with Crippen LogP contribution < -0.4 is 5.73 Å². The van der Waals surface area contributed by atoms with Gasteiger partial charge in [0.05, 0.1) is 18.6 Å². The highest BCUT2D eigenvalue weighted by Crippen LogP contribution is 2.66. The van der Waals surface area contributed by atoms with Crippen LogP contribution in [0.5, 0.6) is 0 Å². The van der Waals surface area contributed by atoms with Gasteiger partial charge in [-0.25, -0.2) is 15.0 Å². The average Bonchev–Trinajstić information content (AvgIpc) is 3.01. The number of imidazole rings is 1. The monoisotopic (exact) mass is 346 g/mol. The molecule has 0 spiro atoms. The smallest absolute Gasteiger partial charge is 0.385 e. The quantitative estimate of drug-likeness (QED) is 0.404. The predicted molar refractivity (Wildman–Crippen MR) is 78.6 cm³/mol. The van der Waals surface area contributed by atoms with Crippen molar-refractivity contribution in [1.29, 1.82) is 0 Å². The highest BCUT2D eigenvalue weighted by molar-refractivity contribution is 8.47. The summed E-state index contributed by atoms with van der Waals surface area (Å²) in [5.41, 5.74) is 6.60. The lowest BCUT2D eigenvalue weighted by Crippen LogP contribution is -2.39. The Balaban J connectivity index is 1.70. The highest BCUT2D eigenvalue weighted by Gasteiger charge is 2.58. The molecule has 0 bridgehead atoms. The number of nitrogens with zero attached hydrogens (tertiary/aromatic N) is 4. The van der Waals surface area contributed by atoms with E-state index in [0.29, 0.717) is 11.2 Å². The van der Waals surface area contributed by atoms with Gasteiger partial charge in [0.1, 0.15) is 30.7 Å². The first-order chi connectivity index (χ1) is 10.5. The number of nitrogens with two attached hydrogens (primary N) is 1. The molecular formula is C10H13N5O5PS+. The van der Waals surface area contributed by atoms with Gasteiger partial charge in [0.25, 0.3) is 0 Å². The molecule has 12 heteroatoms. The third kappa shape index (κ3) is 2.17. The lowest BCUT2D eigenvalue weighted by molar-refractivity contribution is -0.0599. The molecule has 2 aromatic heterocycles. The fraction of sp³-hybridized carbons (Fsp3) is 0.500. The summed E-state index contributed by atoms with van der Waals surface area (Å²) in [4.78, 5) is 21.9. The maximum Gasteiger partial charge on any atom is 0.476 e. The van der Waals surface area contributed by atoms with Gasteiger partial charge >= 0.3 is 7.15 Å². The Morgan fingerprint density at radius 3 is 3.05 bits per heavy atom. The molecule has 2 aliphatic rings. The summed E-state index contributed by atoms with van der Waals surface area (Å²) in [5.74, 6) is 0.240. The van der Waals surface area contributed by atoms with E-state index in [0.717, 1.165) is 0 Å². The molecule has 2 aromatic rings. The van der Waals surface area contributed by atoms with E-state index in [2.05, 4.69) is 27.2 Å². The van der Waals surface area contributed by atoms with E-state index in [1.807, 2.05) is 0 Å². The molecule has 0 aromatic carbocycles. The second-order valence-corrected chi connectivity index (χ2v) is 7.96. The van der Waals surface area contributed by atoms with Gasteiger partial charge in [-0.15, -0.1) is 0 Å². The zero-order chi connectivity index (χ0) is 15.5. The molecule has 0 saturated carbocycles. The number of aliphatic hydroxyl groups is 1. The van der Waals surface area contributed by atoms with Crippen LogP contribution in [0.3, 0.4) is 0 Å². The molecule has 10 nitrogen and oxygen atoms in total. The normalized spacial score (nSPS) is 38.3. The first-order valence-corrected chi connectivity index (χ1v) is 9.13. The van der Waals surface area contributed by atoms with Crippen LogP contribution in [-0.2, 0) is 13.8 Å². The molecule has 22 heavy (non-hydrogen) atoms. The lowest BCUT2D eigenvalue weighted by Gasteiger charge is -2.25. The predicted octanol–water partition coefficient (Wildman–Crippen LogP) is -0.318. The van der Waals surface area contributed by atoms with Gasteiger partial charge in [-0.2, -0.15) is 13.9 Å². The summed E-state index contributed by atoms with van der Waals surface area (Å²) in [6, 6.07) is 0. The van der Waals surface area contributed by atoms with Gasteiger partial charge in [0.15, 0.2) is 23.8 Å². The van der Waals surface area contributed by atoms with E-state index in [1.165, 1.54) is 12.7 Å². The Bertz CT molecular complexity index is 729. The number of nitrogen functional groups attached to an aromatic ring is 1. The van der Waals surface area contributed by atoms with Crippen molar-refractivity contribution >= 4 is 36.4 Å². The Hall–Kier alpha value is -1.07. The van der Waals surface area contributed by atoms with E-state index in [4.69, 9.17) is 19.5 Å². The van der Waals surface area contributed by atoms with Crippen LogP contribution in [-0.4, -0.2) is 54.4 Å². The number of aliphatic hydroxyl groups excluding tert-OH is 1. The van der Waals surface area contributed by atoms with Crippen LogP contribution in [0.15, 0.2) is 12.7 Å². The van der Waals surface area contributed by atoms with Crippen LogP contribution in [0.25, 0.3) is 11.2 Å². The fourth-order valence-corrected chi connectivity index (χ4v) is 4.14. The standard InChI is InChI=1S/C10H13N5O5PS/c11-8-5-9(13-2-12-8)15(3-14-5)10-6(16)7-4(19-10)1-18-21(17,22)20-7/h2-4,6-7,10,16-17,22H,1H2,(H2,11,12,13)/q+1/t4-,6-,7-,10-,21?/m1/s1. The van der Waals surface area contributed by atoms with E-state index in [1.54, 1.807) is 4.57 Å². The van der Waals surface area contributed by atoms with Crippen molar-refractivity contribution in [3.63, 3.8) is 0 Å².